The second kappa shape index (κ2) is 10.4. The first-order valence-electron chi connectivity index (χ1n) is 9.89. The molecule has 1 atom stereocenters. The van der Waals surface area contributed by atoms with Crippen LogP contribution in [0.2, 0.25) is 0 Å². The Labute approximate surface area is 161 Å². The monoisotopic (exact) mass is 378 g/mol. The Morgan fingerprint density at radius 2 is 2.19 bits per heavy atom. The van der Waals surface area contributed by atoms with E-state index < -0.39 is 0 Å². The number of aliphatic imine (C=N–C) groups is 1. The largest absolute Gasteiger partial charge is 0.379 e. The van der Waals surface area contributed by atoms with Gasteiger partial charge in [0.2, 0.25) is 0 Å². The first kappa shape index (κ1) is 19.8. The van der Waals surface area contributed by atoms with Crippen molar-refractivity contribution < 1.29 is 9.13 Å². The van der Waals surface area contributed by atoms with E-state index in [4.69, 9.17) is 4.74 Å². The molecule has 2 aliphatic rings. The van der Waals surface area contributed by atoms with Gasteiger partial charge in [-0.25, -0.2) is 9.37 Å². The van der Waals surface area contributed by atoms with Crippen molar-refractivity contribution >= 4 is 11.8 Å². The van der Waals surface area contributed by atoms with Crippen molar-refractivity contribution in [2.24, 2.45) is 4.99 Å². The van der Waals surface area contributed by atoms with Crippen molar-refractivity contribution in [2.75, 3.05) is 64.4 Å². The summed E-state index contributed by atoms with van der Waals surface area (Å²) in [5.41, 5.74) is 0. The van der Waals surface area contributed by atoms with Gasteiger partial charge < -0.3 is 20.3 Å². The SMILES string of the molecule is CN=C(NCCCCN1CCOCC1)NC1CCN(c2ncccc2F)C1. The number of nitrogens with one attached hydrogen (secondary N) is 2. The first-order valence-corrected chi connectivity index (χ1v) is 9.89. The number of hydrogen-bond donors (Lipinski definition) is 2. The van der Waals surface area contributed by atoms with Crippen LogP contribution in [0.3, 0.4) is 0 Å². The molecule has 2 fully saturated rings. The van der Waals surface area contributed by atoms with Crippen LogP contribution in [-0.2, 0) is 4.74 Å². The van der Waals surface area contributed by atoms with E-state index in [2.05, 4.69) is 25.5 Å². The minimum Gasteiger partial charge on any atom is -0.379 e. The predicted molar refractivity (Wildman–Crippen MR) is 106 cm³/mol. The van der Waals surface area contributed by atoms with Gasteiger partial charge >= 0.3 is 0 Å². The van der Waals surface area contributed by atoms with Crippen molar-refractivity contribution in [3.8, 4) is 0 Å². The third kappa shape index (κ3) is 6.04. The Balaban J connectivity index is 1.34. The van der Waals surface area contributed by atoms with Crippen molar-refractivity contribution in [1.29, 1.82) is 0 Å². The maximum atomic E-state index is 13.9. The van der Waals surface area contributed by atoms with Crippen LogP contribution in [0.5, 0.6) is 0 Å². The zero-order valence-corrected chi connectivity index (χ0v) is 16.2. The van der Waals surface area contributed by atoms with Crippen LogP contribution < -0.4 is 15.5 Å². The summed E-state index contributed by atoms with van der Waals surface area (Å²) < 4.78 is 19.3. The van der Waals surface area contributed by atoms with E-state index in [1.807, 2.05) is 4.90 Å². The van der Waals surface area contributed by atoms with E-state index in [0.29, 0.717) is 5.82 Å². The van der Waals surface area contributed by atoms with Crippen molar-refractivity contribution in [3.63, 3.8) is 0 Å². The Kier molecular flexibility index (Phi) is 7.65. The van der Waals surface area contributed by atoms with Crippen molar-refractivity contribution in [1.82, 2.24) is 20.5 Å². The van der Waals surface area contributed by atoms with Crippen LogP contribution in [0.1, 0.15) is 19.3 Å². The molecule has 3 rings (SSSR count). The standard InChI is InChI=1S/C19H31FN6O/c1-21-19(23-7-2-3-9-25-11-13-27-14-12-25)24-16-6-10-26(15-16)18-17(20)5-4-8-22-18/h4-5,8,16H,2-3,6-7,9-15H2,1H3,(H2,21,23,24). The van der Waals surface area contributed by atoms with Gasteiger partial charge in [0.1, 0.15) is 0 Å². The molecule has 3 heterocycles. The predicted octanol–water partition coefficient (Wildman–Crippen LogP) is 1.08. The summed E-state index contributed by atoms with van der Waals surface area (Å²) >= 11 is 0. The summed E-state index contributed by atoms with van der Waals surface area (Å²) in [6.07, 6.45) is 4.85. The Morgan fingerprint density at radius 1 is 1.33 bits per heavy atom. The molecule has 1 unspecified atom stereocenters. The molecule has 0 aliphatic carbocycles. The van der Waals surface area contributed by atoms with E-state index >= 15 is 0 Å². The molecule has 2 N–H and O–H groups in total. The zero-order valence-electron chi connectivity index (χ0n) is 16.2. The van der Waals surface area contributed by atoms with Crippen LogP contribution in [0.4, 0.5) is 10.2 Å². The molecule has 0 radical (unpaired) electrons. The van der Waals surface area contributed by atoms with Crippen LogP contribution >= 0.6 is 0 Å². The van der Waals surface area contributed by atoms with E-state index in [9.17, 15) is 4.39 Å². The van der Waals surface area contributed by atoms with E-state index in [1.54, 1.807) is 19.3 Å². The van der Waals surface area contributed by atoms with Gasteiger partial charge in [0.05, 0.1) is 13.2 Å². The van der Waals surface area contributed by atoms with Gasteiger partial charge in [-0.2, -0.15) is 0 Å². The second-order valence-electron chi connectivity index (χ2n) is 7.04. The second-order valence-corrected chi connectivity index (χ2v) is 7.04. The number of halogens is 1. The summed E-state index contributed by atoms with van der Waals surface area (Å²) in [5, 5.41) is 6.83. The van der Waals surface area contributed by atoms with E-state index in [1.165, 1.54) is 12.5 Å². The molecule has 0 spiro atoms. The average molecular weight is 378 g/mol. The number of pyridine rings is 1. The maximum Gasteiger partial charge on any atom is 0.191 e. The van der Waals surface area contributed by atoms with Gasteiger partial charge in [0.25, 0.3) is 0 Å². The molecule has 8 heteroatoms. The van der Waals surface area contributed by atoms with Crippen LogP contribution in [0.25, 0.3) is 0 Å². The van der Waals surface area contributed by atoms with Crippen molar-refractivity contribution in [2.45, 2.75) is 25.3 Å². The van der Waals surface area contributed by atoms with Gasteiger partial charge in [-0.1, -0.05) is 0 Å². The number of unbranched alkanes of at least 4 members (excludes halogenated alkanes) is 1. The molecule has 2 saturated heterocycles. The lowest BCUT2D eigenvalue weighted by molar-refractivity contribution is 0.0372. The summed E-state index contributed by atoms with van der Waals surface area (Å²) in [4.78, 5) is 12.9. The minimum absolute atomic E-state index is 0.242. The fourth-order valence-corrected chi connectivity index (χ4v) is 3.56. The summed E-state index contributed by atoms with van der Waals surface area (Å²) in [6.45, 7) is 7.36. The van der Waals surface area contributed by atoms with Gasteiger partial charge in [0.15, 0.2) is 17.6 Å². The molecule has 7 nitrogen and oxygen atoms in total. The maximum absolute atomic E-state index is 13.9. The molecular weight excluding hydrogens is 347 g/mol. The first-order chi connectivity index (χ1) is 13.3. The molecule has 0 aromatic carbocycles. The van der Waals surface area contributed by atoms with Gasteiger partial charge in [-0.15, -0.1) is 0 Å². The Hall–Kier alpha value is -1.93. The molecule has 0 amide bonds. The topological polar surface area (TPSA) is 65.0 Å². The number of aromatic nitrogens is 1. The third-order valence-electron chi connectivity index (χ3n) is 5.09. The minimum atomic E-state index is -0.263. The lowest BCUT2D eigenvalue weighted by Gasteiger charge is -2.26. The van der Waals surface area contributed by atoms with Crippen LogP contribution in [-0.4, -0.2) is 81.4 Å². The van der Waals surface area contributed by atoms with Gasteiger partial charge in [-0.3, -0.25) is 9.89 Å². The van der Waals surface area contributed by atoms with E-state index in [0.717, 1.165) is 71.3 Å². The Morgan fingerprint density at radius 3 is 2.96 bits per heavy atom. The summed E-state index contributed by atoms with van der Waals surface area (Å²) in [7, 11) is 1.79. The molecule has 27 heavy (non-hydrogen) atoms. The fraction of sp³-hybridized carbons (Fsp3) is 0.684. The molecule has 0 saturated carbocycles. The Bertz CT molecular complexity index is 608. The lowest BCUT2D eigenvalue weighted by Crippen LogP contribution is -2.45. The highest BCUT2D eigenvalue weighted by molar-refractivity contribution is 5.80. The van der Waals surface area contributed by atoms with Gasteiger partial charge in [-0.05, 0) is 37.9 Å². The fourth-order valence-electron chi connectivity index (χ4n) is 3.56. The summed E-state index contributed by atoms with van der Waals surface area (Å²) in [6, 6.07) is 3.32. The normalized spacial score (nSPS) is 21.5. The quantitative estimate of drug-likeness (QED) is 0.421. The molecular formula is C19H31FN6O. The lowest BCUT2D eigenvalue weighted by atomic mass is 10.2. The van der Waals surface area contributed by atoms with Crippen molar-refractivity contribution in [3.05, 3.63) is 24.1 Å². The van der Waals surface area contributed by atoms with E-state index in [-0.39, 0.29) is 11.9 Å². The highest BCUT2D eigenvalue weighted by Gasteiger charge is 2.25. The summed E-state index contributed by atoms with van der Waals surface area (Å²) in [5.74, 6) is 0.989. The number of nitrogens with zero attached hydrogens (tertiary/aromatic N) is 4. The molecule has 1 aromatic heterocycles. The van der Waals surface area contributed by atoms with Crippen LogP contribution in [0.15, 0.2) is 23.3 Å². The number of hydrogen-bond acceptors (Lipinski definition) is 5. The number of morpholine rings is 1. The molecule has 1 aromatic rings. The number of guanidine groups is 1. The van der Waals surface area contributed by atoms with Crippen LogP contribution in [0, 0.1) is 5.82 Å². The smallest absolute Gasteiger partial charge is 0.191 e. The average Bonchev–Trinajstić information content (AvgIpc) is 3.16. The number of anilines is 1. The molecule has 150 valence electrons. The number of ether oxygens (including phenoxy) is 1. The third-order valence-corrected chi connectivity index (χ3v) is 5.09. The highest BCUT2D eigenvalue weighted by atomic mass is 19.1. The number of rotatable bonds is 7. The molecule has 0 bridgehead atoms. The highest BCUT2D eigenvalue weighted by Crippen LogP contribution is 2.20. The molecule has 2 aliphatic heterocycles. The zero-order chi connectivity index (χ0) is 18.9. The van der Waals surface area contributed by atoms with Gasteiger partial charge in [0, 0.05) is 52.0 Å².